The van der Waals surface area contributed by atoms with Gasteiger partial charge in [0.2, 0.25) is 0 Å². The van der Waals surface area contributed by atoms with E-state index in [2.05, 4.69) is 0 Å². The third-order valence-corrected chi connectivity index (χ3v) is 2.94. The van der Waals surface area contributed by atoms with Crippen LogP contribution in [-0.4, -0.2) is 30.0 Å². The van der Waals surface area contributed by atoms with Crippen molar-refractivity contribution >= 4 is 23.2 Å². The van der Waals surface area contributed by atoms with Crippen molar-refractivity contribution in [1.29, 1.82) is 0 Å². The molecule has 100 valence electrons. The molecule has 0 aliphatic carbocycles. The molecule has 0 heterocycles. The van der Waals surface area contributed by atoms with Crippen LogP contribution in [0.25, 0.3) is 0 Å². The van der Waals surface area contributed by atoms with Crippen LogP contribution in [0.1, 0.15) is 20.8 Å². The lowest BCUT2D eigenvalue weighted by atomic mass is 10.3. The summed E-state index contributed by atoms with van der Waals surface area (Å²) in [5.41, 5.74) is 6.24. The minimum absolute atomic E-state index is 0.0561. The van der Waals surface area contributed by atoms with Crippen LogP contribution in [0.4, 0.5) is 5.69 Å². The van der Waals surface area contributed by atoms with E-state index in [0.29, 0.717) is 29.5 Å². The molecule has 1 unspecified atom stereocenters. The first-order valence-corrected chi connectivity index (χ1v) is 6.37. The highest BCUT2D eigenvalue weighted by Crippen LogP contribution is 2.26. The molecule has 2 N–H and O–H groups in total. The van der Waals surface area contributed by atoms with Gasteiger partial charge in [0.15, 0.2) is 6.10 Å². The predicted octanol–water partition coefficient (Wildman–Crippen LogP) is 2.56. The third-order valence-electron chi connectivity index (χ3n) is 2.70. The maximum atomic E-state index is 12.0. The van der Waals surface area contributed by atoms with Gasteiger partial charge in [-0.3, -0.25) is 4.79 Å². The van der Waals surface area contributed by atoms with Gasteiger partial charge in [-0.2, -0.15) is 0 Å². The molecule has 4 nitrogen and oxygen atoms in total. The van der Waals surface area contributed by atoms with Crippen molar-refractivity contribution in [1.82, 2.24) is 4.90 Å². The Morgan fingerprint density at radius 2 is 2.06 bits per heavy atom. The number of nitrogen functional groups attached to an aromatic ring is 1. The number of nitrogens with two attached hydrogens (primary N) is 1. The van der Waals surface area contributed by atoms with Gasteiger partial charge in [-0.25, -0.2) is 0 Å². The summed E-state index contributed by atoms with van der Waals surface area (Å²) in [6.07, 6.45) is -0.578. The molecular weight excluding hydrogens is 252 g/mol. The van der Waals surface area contributed by atoms with E-state index in [4.69, 9.17) is 22.1 Å². The van der Waals surface area contributed by atoms with E-state index >= 15 is 0 Å². The zero-order valence-corrected chi connectivity index (χ0v) is 11.7. The highest BCUT2D eigenvalue weighted by atomic mass is 35.5. The summed E-state index contributed by atoms with van der Waals surface area (Å²) < 4.78 is 5.57. The number of likely N-dealkylation sites (N-methyl/N-ethyl adjacent to an activating group) is 1. The Labute approximate surface area is 113 Å². The van der Waals surface area contributed by atoms with E-state index in [1.54, 1.807) is 30.0 Å². The molecule has 0 saturated heterocycles. The normalized spacial score (nSPS) is 12.0. The number of rotatable bonds is 5. The van der Waals surface area contributed by atoms with Gasteiger partial charge in [0, 0.05) is 24.2 Å². The quantitative estimate of drug-likeness (QED) is 0.837. The minimum Gasteiger partial charge on any atom is -0.479 e. The molecule has 18 heavy (non-hydrogen) atoms. The van der Waals surface area contributed by atoms with Crippen LogP contribution in [0.15, 0.2) is 18.2 Å². The largest absolute Gasteiger partial charge is 0.479 e. The molecule has 0 fully saturated rings. The van der Waals surface area contributed by atoms with E-state index < -0.39 is 6.10 Å². The van der Waals surface area contributed by atoms with Crippen molar-refractivity contribution in [2.45, 2.75) is 26.9 Å². The monoisotopic (exact) mass is 270 g/mol. The van der Waals surface area contributed by atoms with Crippen molar-refractivity contribution < 1.29 is 9.53 Å². The number of hydrogen-bond donors (Lipinski definition) is 1. The molecule has 0 saturated carbocycles. The third kappa shape index (κ3) is 3.53. The van der Waals surface area contributed by atoms with Gasteiger partial charge in [-0.1, -0.05) is 11.6 Å². The molecule has 0 bridgehead atoms. The lowest BCUT2D eigenvalue weighted by Crippen LogP contribution is -2.40. The summed E-state index contributed by atoms with van der Waals surface area (Å²) in [4.78, 5) is 13.7. The van der Waals surface area contributed by atoms with Crippen LogP contribution < -0.4 is 10.5 Å². The Kier molecular flexibility index (Phi) is 5.28. The number of carbonyl (C=O) groups is 1. The zero-order valence-electron chi connectivity index (χ0n) is 10.9. The second-order valence-corrected chi connectivity index (χ2v) is 4.39. The number of ether oxygens (including phenoxy) is 1. The van der Waals surface area contributed by atoms with Crippen molar-refractivity contribution in [2.24, 2.45) is 0 Å². The number of carbonyl (C=O) groups excluding carboxylic acids is 1. The van der Waals surface area contributed by atoms with Gasteiger partial charge < -0.3 is 15.4 Å². The van der Waals surface area contributed by atoms with Crippen molar-refractivity contribution in [3.63, 3.8) is 0 Å². The van der Waals surface area contributed by atoms with E-state index in [1.807, 2.05) is 13.8 Å². The standard InChI is InChI=1S/C13H19ClN2O2/c1-4-16(5-2)13(17)9(3)18-12-8-10(14)6-7-11(12)15/h6-9H,4-5,15H2,1-3H3. The molecule has 0 aliphatic rings. The highest BCUT2D eigenvalue weighted by molar-refractivity contribution is 6.30. The van der Waals surface area contributed by atoms with Crippen LogP contribution in [0.2, 0.25) is 5.02 Å². The smallest absolute Gasteiger partial charge is 0.263 e. The Morgan fingerprint density at radius 1 is 1.44 bits per heavy atom. The number of nitrogens with zero attached hydrogens (tertiary/aromatic N) is 1. The van der Waals surface area contributed by atoms with E-state index in [-0.39, 0.29) is 5.91 Å². The van der Waals surface area contributed by atoms with Gasteiger partial charge >= 0.3 is 0 Å². The van der Waals surface area contributed by atoms with Crippen LogP contribution in [0.3, 0.4) is 0 Å². The van der Waals surface area contributed by atoms with Crippen molar-refractivity contribution in [3.05, 3.63) is 23.2 Å². The number of anilines is 1. The zero-order chi connectivity index (χ0) is 13.7. The molecule has 1 aromatic carbocycles. The van der Waals surface area contributed by atoms with Crippen LogP contribution in [-0.2, 0) is 4.79 Å². The maximum absolute atomic E-state index is 12.0. The summed E-state index contributed by atoms with van der Waals surface area (Å²) >= 11 is 5.87. The Hall–Kier alpha value is -1.42. The number of benzene rings is 1. The fraction of sp³-hybridized carbons (Fsp3) is 0.462. The summed E-state index contributed by atoms with van der Waals surface area (Å²) in [5, 5.41) is 0.529. The van der Waals surface area contributed by atoms with Gasteiger partial charge in [0.05, 0.1) is 5.69 Å². The van der Waals surface area contributed by atoms with E-state index in [9.17, 15) is 4.79 Å². The minimum atomic E-state index is -0.578. The molecule has 0 radical (unpaired) electrons. The predicted molar refractivity (Wildman–Crippen MR) is 73.9 cm³/mol. The number of amides is 1. The van der Waals surface area contributed by atoms with Gasteiger partial charge in [-0.15, -0.1) is 0 Å². The summed E-state index contributed by atoms with van der Waals surface area (Å²) in [5.74, 6) is 0.384. The van der Waals surface area contributed by atoms with Crippen molar-refractivity contribution in [2.75, 3.05) is 18.8 Å². The second-order valence-electron chi connectivity index (χ2n) is 3.95. The fourth-order valence-corrected chi connectivity index (χ4v) is 1.81. The van der Waals surface area contributed by atoms with Crippen LogP contribution in [0.5, 0.6) is 5.75 Å². The molecule has 5 heteroatoms. The van der Waals surface area contributed by atoms with E-state index in [0.717, 1.165) is 0 Å². The molecule has 0 aliphatic heterocycles. The number of halogens is 1. The lowest BCUT2D eigenvalue weighted by Gasteiger charge is -2.23. The average Bonchev–Trinajstić information content (AvgIpc) is 2.35. The Balaban J connectivity index is 2.77. The van der Waals surface area contributed by atoms with Crippen molar-refractivity contribution in [3.8, 4) is 5.75 Å². The van der Waals surface area contributed by atoms with Gasteiger partial charge in [-0.05, 0) is 32.9 Å². The average molecular weight is 271 g/mol. The van der Waals surface area contributed by atoms with Crippen LogP contribution in [0, 0.1) is 0 Å². The first kappa shape index (κ1) is 14.6. The Bertz CT molecular complexity index is 419. The molecule has 1 atom stereocenters. The molecule has 0 aromatic heterocycles. The highest BCUT2D eigenvalue weighted by Gasteiger charge is 2.20. The molecule has 0 spiro atoms. The lowest BCUT2D eigenvalue weighted by molar-refractivity contribution is -0.137. The number of hydrogen-bond acceptors (Lipinski definition) is 3. The van der Waals surface area contributed by atoms with E-state index in [1.165, 1.54) is 0 Å². The summed E-state index contributed by atoms with van der Waals surface area (Å²) in [6, 6.07) is 4.95. The second kappa shape index (κ2) is 6.50. The SMILES string of the molecule is CCN(CC)C(=O)C(C)Oc1cc(Cl)ccc1N. The molecule has 1 aromatic rings. The maximum Gasteiger partial charge on any atom is 0.263 e. The Morgan fingerprint density at radius 3 is 2.61 bits per heavy atom. The molecular formula is C13H19ClN2O2. The summed E-state index contributed by atoms with van der Waals surface area (Å²) in [7, 11) is 0. The van der Waals surface area contributed by atoms with Gasteiger partial charge in [0.1, 0.15) is 5.75 Å². The topological polar surface area (TPSA) is 55.6 Å². The first-order chi connectivity index (χ1) is 8.49. The fourth-order valence-electron chi connectivity index (χ4n) is 1.64. The first-order valence-electron chi connectivity index (χ1n) is 6.00. The molecule has 1 amide bonds. The van der Waals surface area contributed by atoms with Crippen LogP contribution >= 0.6 is 11.6 Å². The summed E-state index contributed by atoms with van der Waals surface area (Å²) in [6.45, 7) is 6.90. The van der Waals surface area contributed by atoms with Gasteiger partial charge in [0.25, 0.3) is 5.91 Å². The molecule has 1 rings (SSSR count).